The first-order valence-corrected chi connectivity index (χ1v) is 5.76. The van der Waals surface area contributed by atoms with Gasteiger partial charge in [-0.2, -0.15) is 5.26 Å². The number of hydrogen-bond acceptors (Lipinski definition) is 3. The van der Waals surface area contributed by atoms with Crippen LogP contribution in [0.4, 0.5) is 0 Å². The number of aliphatic hydroxyl groups is 2. The smallest absolute Gasteiger partial charge is 0.106 e. The van der Waals surface area contributed by atoms with Gasteiger partial charge in [-0.1, -0.05) is 15.9 Å². The van der Waals surface area contributed by atoms with Crippen LogP contribution in [0.15, 0.2) is 16.6 Å². The fraction of sp³-hybridized carbons (Fsp3) is 0.417. The van der Waals surface area contributed by atoms with E-state index in [1.165, 1.54) is 0 Å². The van der Waals surface area contributed by atoms with E-state index in [1.54, 1.807) is 0 Å². The Hall–Kier alpha value is -0.890. The average molecular weight is 284 g/mol. The van der Waals surface area contributed by atoms with E-state index in [1.807, 2.05) is 32.0 Å². The van der Waals surface area contributed by atoms with E-state index in [0.717, 1.165) is 15.6 Å². The number of rotatable bonds is 3. The van der Waals surface area contributed by atoms with Crippen molar-refractivity contribution in [3.8, 4) is 6.07 Å². The second kappa shape index (κ2) is 5.44. The Bertz CT molecular complexity index is 403. The number of benzene rings is 1. The quantitative estimate of drug-likeness (QED) is 0.895. The van der Waals surface area contributed by atoms with Crippen LogP contribution in [0, 0.1) is 25.2 Å². The molecule has 2 N–H and O–H groups in total. The van der Waals surface area contributed by atoms with Crippen molar-refractivity contribution in [1.29, 1.82) is 5.26 Å². The molecule has 0 radical (unpaired) electrons. The summed E-state index contributed by atoms with van der Waals surface area (Å²) in [4.78, 5) is 0. The van der Waals surface area contributed by atoms with Crippen molar-refractivity contribution in [3.63, 3.8) is 0 Å². The summed E-state index contributed by atoms with van der Waals surface area (Å²) in [5.74, 6) is 0. The molecule has 0 aliphatic heterocycles. The minimum absolute atomic E-state index is 0.0733. The van der Waals surface area contributed by atoms with E-state index in [4.69, 9.17) is 5.26 Å². The molecule has 0 saturated heterocycles. The molecule has 1 rings (SSSR count). The van der Waals surface area contributed by atoms with Gasteiger partial charge in [-0.25, -0.2) is 0 Å². The monoisotopic (exact) mass is 283 g/mol. The van der Waals surface area contributed by atoms with Gasteiger partial charge in [0.05, 0.1) is 18.6 Å². The Labute approximate surface area is 103 Å². The van der Waals surface area contributed by atoms with E-state index in [2.05, 4.69) is 15.9 Å². The van der Waals surface area contributed by atoms with Crippen molar-refractivity contribution in [2.75, 3.05) is 0 Å². The Kier molecular flexibility index (Phi) is 4.48. The molecule has 1 aromatic rings. The average Bonchev–Trinajstić information content (AvgIpc) is 2.16. The maximum Gasteiger partial charge on any atom is 0.106 e. The summed E-state index contributed by atoms with van der Waals surface area (Å²) >= 11 is 3.37. The van der Waals surface area contributed by atoms with Crippen molar-refractivity contribution in [2.45, 2.75) is 32.5 Å². The predicted octanol–water partition coefficient (Wildman–Crippen LogP) is 2.37. The molecule has 0 spiro atoms. The van der Waals surface area contributed by atoms with Gasteiger partial charge in [-0.05, 0) is 42.7 Å². The molecule has 86 valence electrons. The summed E-state index contributed by atoms with van der Waals surface area (Å²) in [6.45, 7) is 3.74. The van der Waals surface area contributed by atoms with Gasteiger partial charge in [0.15, 0.2) is 0 Å². The summed E-state index contributed by atoms with van der Waals surface area (Å²) in [7, 11) is 0. The second-order valence-corrected chi connectivity index (χ2v) is 4.74. The molecule has 0 heterocycles. The molecule has 0 fully saturated rings. The Morgan fingerprint density at radius 3 is 2.25 bits per heavy atom. The summed E-state index contributed by atoms with van der Waals surface area (Å²) < 4.78 is 0.938. The van der Waals surface area contributed by atoms with E-state index < -0.39 is 12.2 Å². The highest BCUT2D eigenvalue weighted by Crippen LogP contribution is 2.28. The lowest BCUT2D eigenvalue weighted by molar-refractivity contribution is 0.0209. The Balaban J connectivity index is 3.09. The lowest BCUT2D eigenvalue weighted by atomic mass is 9.94. The van der Waals surface area contributed by atoms with Gasteiger partial charge in [0.1, 0.15) is 6.10 Å². The van der Waals surface area contributed by atoms with E-state index in [0.29, 0.717) is 5.56 Å². The van der Waals surface area contributed by atoms with Crippen LogP contribution in [-0.2, 0) is 0 Å². The van der Waals surface area contributed by atoms with Crippen LogP contribution in [0.1, 0.15) is 29.2 Å². The van der Waals surface area contributed by atoms with Crippen molar-refractivity contribution in [2.24, 2.45) is 0 Å². The third-order valence-electron chi connectivity index (χ3n) is 2.52. The minimum atomic E-state index is -1.04. The highest BCUT2D eigenvalue weighted by Gasteiger charge is 2.21. The number of aliphatic hydroxyl groups excluding tert-OH is 2. The molecule has 0 saturated carbocycles. The molecule has 3 nitrogen and oxygen atoms in total. The van der Waals surface area contributed by atoms with E-state index >= 15 is 0 Å². The summed E-state index contributed by atoms with van der Waals surface area (Å²) in [5, 5.41) is 28.0. The third-order valence-corrected chi connectivity index (χ3v) is 2.98. The molecule has 0 aliphatic carbocycles. The number of hydrogen-bond donors (Lipinski definition) is 2. The molecule has 4 heteroatoms. The first-order chi connectivity index (χ1) is 7.47. The van der Waals surface area contributed by atoms with Gasteiger partial charge < -0.3 is 10.2 Å². The molecule has 2 atom stereocenters. The largest absolute Gasteiger partial charge is 0.389 e. The number of aryl methyl sites for hydroxylation is 2. The highest BCUT2D eigenvalue weighted by atomic mass is 79.9. The molecular formula is C12H14BrNO2. The number of halogens is 1. The molecular weight excluding hydrogens is 270 g/mol. The van der Waals surface area contributed by atoms with Crippen LogP contribution in [0.5, 0.6) is 0 Å². The minimum Gasteiger partial charge on any atom is -0.389 e. The van der Waals surface area contributed by atoms with Gasteiger partial charge in [0.2, 0.25) is 0 Å². The molecule has 0 aromatic heterocycles. The van der Waals surface area contributed by atoms with E-state index in [-0.39, 0.29) is 6.42 Å². The third kappa shape index (κ3) is 2.82. The van der Waals surface area contributed by atoms with E-state index in [9.17, 15) is 10.2 Å². The molecule has 16 heavy (non-hydrogen) atoms. The van der Waals surface area contributed by atoms with Crippen LogP contribution < -0.4 is 0 Å². The van der Waals surface area contributed by atoms with Crippen LogP contribution in [0.25, 0.3) is 0 Å². The molecule has 0 amide bonds. The SMILES string of the molecule is Cc1cc(Br)cc(C)c1C(O)C(O)CC#N. The maximum absolute atomic E-state index is 9.96. The maximum atomic E-state index is 9.96. The Morgan fingerprint density at radius 2 is 1.81 bits per heavy atom. The molecule has 0 bridgehead atoms. The Morgan fingerprint density at radius 1 is 1.31 bits per heavy atom. The summed E-state index contributed by atoms with van der Waals surface area (Å²) in [6, 6.07) is 5.61. The topological polar surface area (TPSA) is 64.2 Å². The van der Waals surface area contributed by atoms with Crippen molar-refractivity contribution in [1.82, 2.24) is 0 Å². The zero-order valence-electron chi connectivity index (χ0n) is 9.24. The summed E-state index contributed by atoms with van der Waals surface area (Å²) in [5.41, 5.74) is 2.50. The first-order valence-electron chi connectivity index (χ1n) is 4.97. The van der Waals surface area contributed by atoms with Gasteiger partial charge in [0, 0.05) is 4.47 Å². The number of nitrogens with zero attached hydrogens (tertiary/aromatic N) is 1. The first kappa shape index (κ1) is 13.2. The standard InChI is InChI=1S/C12H14BrNO2/c1-7-5-9(13)6-8(2)11(7)12(16)10(15)3-4-14/h5-6,10,12,15-16H,3H2,1-2H3. The van der Waals surface area contributed by atoms with Gasteiger partial charge in [-0.15, -0.1) is 0 Å². The van der Waals surface area contributed by atoms with Crippen LogP contribution >= 0.6 is 15.9 Å². The molecule has 0 aliphatic rings. The van der Waals surface area contributed by atoms with Crippen LogP contribution in [-0.4, -0.2) is 16.3 Å². The summed E-state index contributed by atoms with van der Waals surface area (Å²) in [6.07, 6.45) is -2.12. The van der Waals surface area contributed by atoms with Gasteiger partial charge in [0.25, 0.3) is 0 Å². The van der Waals surface area contributed by atoms with Gasteiger partial charge in [-0.3, -0.25) is 0 Å². The van der Waals surface area contributed by atoms with Crippen molar-refractivity contribution < 1.29 is 10.2 Å². The predicted molar refractivity (Wildman–Crippen MR) is 64.8 cm³/mol. The number of nitriles is 1. The highest BCUT2D eigenvalue weighted by molar-refractivity contribution is 9.10. The van der Waals surface area contributed by atoms with Crippen molar-refractivity contribution in [3.05, 3.63) is 33.3 Å². The lowest BCUT2D eigenvalue weighted by Gasteiger charge is -2.20. The zero-order valence-corrected chi connectivity index (χ0v) is 10.8. The normalized spacial score (nSPS) is 14.2. The van der Waals surface area contributed by atoms with Crippen molar-refractivity contribution >= 4 is 15.9 Å². The zero-order chi connectivity index (χ0) is 12.3. The molecule has 2 unspecified atom stereocenters. The van der Waals surface area contributed by atoms with Crippen LogP contribution in [0.3, 0.4) is 0 Å². The fourth-order valence-electron chi connectivity index (χ4n) is 1.79. The van der Waals surface area contributed by atoms with Crippen LogP contribution in [0.2, 0.25) is 0 Å². The molecule has 1 aromatic carbocycles. The fourth-order valence-corrected chi connectivity index (χ4v) is 2.47. The second-order valence-electron chi connectivity index (χ2n) is 3.83. The lowest BCUT2D eigenvalue weighted by Crippen LogP contribution is -2.19. The van der Waals surface area contributed by atoms with Gasteiger partial charge >= 0.3 is 0 Å².